The van der Waals surface area contributed by atoms with E-state index in [-0.39, 0.29) is 5.91 Å². The molecule has 0 fully saturated rings. The monoisotopic (exact) mass is 491 g/mol. The first-order chi connectivity index (χ1) is 18.0. The van der Waals surface area contributed by atoms with Crippen LogP contribution in [0.5, 0.6) is 5.75 Å². The molecule has 0 unspecified atom stereocenters. The van der Waals surface area contributed by atoms with Crippen molar-refractivity contribution < 1.29 is 9.53 Å². The highest BCUT2D eigenvalue weighted by atomic mass is 16.5. The van der Waals surface area contributed by atoms with Crippen molar-refractivity contribution in [2.75, 3.05) is 13.7 Å². The molecule has 0 spiro atoms. The van der Waals surface area contributed by atoms with Gasteiger partial charge in [-0.3, -0.25) is 9.78 Å². The lowest BCUT2D eigenvalue weighted by atomic mass is 10.1. The van der Waals surface area contributed by atoms with Crippen LogP contribution in [0.25, 0.3) is 16.6 Å². The number of hydrogen-bond acceptors (Lipinski definition) is 5. The Morgan fingerprint density at radius 3 is 2.73 bits per heavy atom. The number of carbonyl (C=O) groups is 1. The van der Waals surface area contributed by atoms with Gasteiger partial charge in [0, 0.05) is 29.9 Å². The normalized spacial score (nSPS) is 10.9. The van der Waals surface area contributed by atoms with E-state index in [4.69, 9.17) is 10.00 Å². The minimum Gasteiger partial charge on any atom is -0.496 e. The number of fused-ring (bicyclic) bond motifs is 1. The van der Waals surface area contributed by atoms with Gasteiger partial charge in [0.1, 0.15) is 11.8 Å². The van der Waals surface area contributed by atoms with Gasteiger partial charge in [-0.05, 0) is 55.3 Å². The molecule has 1 N–H and O–H groups in total. The maximum Gasteiger partial charge on any atom is 0.251 e. The Morgan fingerprint density at radius 1 is 1.24 bits per heavy atom. The average molecular weight is 492 g/mol. The molecule has 7 nitrogen and oxygen atoms in total. The second-order valence-corrected chi connectivity index (χ2v) is 7.97. The first-order valence-electron chi connectivity index (χ1n) is 11.7. The summed E-state index contributed by atoms with van der Waals surface area (Å²) in [4.78, 5) is 16.3. The number of rotatable bonds is 7. The minimum atomic E-state index is -0.0486. The minimum absolute atomic E-state index is 0.0486. The summed E-state index contributed by atoms with van der Waals surface area (Å²) in [5.74, 6) is 0.738. The first kappa shape index (κ1) is 26.6. The number of allylic oxidation sites excluding steroid dienone is 3. The number of nitrogens with one attached hydrogen (secondary N) is 1. The van der Waals surface area contributed by atoms with Gasteiger partial charge in [-0.2, -0.15) is 10.4 Å². The number of nitrogens with zero attached hydrogens (tertiary/aromatic N) is 4. The quantitative estimate of drug-likeness (QED) is 0.334. The highest BCUT2D eigenvalue weighted by Crippen LogP contribution is 2.25. The summed E-state index contributed by atoms with van der Waals surface area (Å²) in [6, 6.07) is 17.2. The first-order valence-corrected chi connectivity index (χ1v) is 11.7. The molecule has 0 atom stereocenters. The number of pyridine rings is 1. The van der Waals surface area contributed by atoms with Gasteiger partial charge >= 0.3 is 0 Å². The third-order valence-corrected chi connectivity index (χ3v) is 5.44. The third-order valence-electron chi connectivity index (χ3n) is 5.44. The van der Waals surface area contributed by atoms with Crippen molar-refractivity contribution in [1.82, 2.24) is 20.1 Å². The van der Waals surface area contributed by atoms with Gasteiger partial charge in [-0.25, -0.2) is 4.68 Å². The molecule has 0 aliphatic heterocycles. The van der Waals surface area contributed by atoms with Crippen molar-refractivity contribution >= 4 is 16.8 Å². The summed E-state index contributed by atoms with van der Waals surface area (Å²) in [5.41, 5.74) is 4.93. The van der Waals surface area contributed by atoms with E-state index in [1.807, 2.05) is 80.6 Å². The molecule has 2 heterocycles. The van der Waals surface area contributed by atoms with Crippen LogP contribution in [0.4, 0.5) is 0 Å². The number of ether oxygens (including phenoxy) is 1. The molecule has 186 valence electrons. The van der Waals surface area contributed by atoms with Crippen molar-refractivity contribution in [3.63, 3.8) is 0 Å². The number of aryl methyl sites for hydroxylation is 1. The topological polar surface area (TPSA) is 92.8 Å². The molecular weight excluding hydrogens is 462 g/mol. The van der Waals surface area contributed by atoms with Gasteiger partial charge in [0.15, 0.2) is 0 Å². The van der Waals surface area contributed by atoms with Crippen LogP contribution in [0, 0.1) is 18.3 Å². The van der Waals surface area contributed by atoms with Crippen LogP contribution in [0.3, 0.4) is 0 Å². The second-order valence-electron chi connectivity index (χ2n) is 7.97. The third kappa shape index (κ3) is 7.03. The van der Waals surface area contributed by atoms with E-state index in [0.717, 1.165) is 39.0 Å². The largest absolute Gasteiger partial charge is 0.496 e. The van der Waals surface area contributed by atoms with E-state index in [9.17, 15) is 4.79 Å². The van der Waals surface area contributed by atoms with Gasteiger partial charge in [0.25, 0.3) is 5.91 Å². The molecule has 4 aromatic rings. The number of aromatic nitrogens is 3. The van der Waals surface area contributed by atoms with Crippen molar-refractivity contribution in [2.24, 2.45) is 0 Å². The fourth-order valence-corrected chi connectivity index (χ4v) is 3.60. The van der Waals surface area contributed by atoms with E-state index >= 15 is 0 Å². The zero-order valence-electron chi connectivity index (χ0n) is 21.2. The summed E-state index contributed by atoms with van der Waals surface area (Å²) in [6.07, 6.45) is 12.4. The number of benzene rings is 2. The molecule has 0 aliphatic rings. The summed E-state index contributed by atoms with van der Waals surface area (Å²) in [5, 5.41) is 16.8. The Labute approximate surface area is 217 Å². The predicted molar refractivity (Wildman–Crippen MR) is 147 cm³/mol. The highest BCUT2D eigenvalue weighted by Gasteiger charge is 2.07. The summed E-state index contributed by atoms with van der Waals surface area (Å²) >= 11 is 0. The Balaban J connectivity index is 0.000000206. The van der Waals surface area contributed by atoms with E-state index in [1.165, 1.54) is 6.20 Å². The van der Waals surface area contributed by atoms with Crippen LogP contribution in [-0.2, 0) is 0 Å². The Kier molecular flexibility index (Phi) is 9.51. The fourth-order valence-electron chi connectivity index (χ4n) is 3.60. The van der Waals surface area contributed by atoms with Crippen molar-refractivity contribution in [3.8, 4) is 17.5 Å². The molecule has 0 aliphatic carbocycles. The summed E-state index contributed by atoms with van der Waals surface area (Å²) < 4.78 is 6.94. The predicted octanol–water partition coefficient (Wildman–Crippen LogP) is 5.71. The molecule has 0 bridgehead atoms. The standard InChI is InChI=1S/C16H19NO.C14H10N4O/c1-4-8-14(9-5-2)12-17-16(18)15-11-7-6-10-13(15)3;1-19-14-4-5-16-13-6-11(2-3-12(13)14)18-9-10(7-15)8-17-18/h4-11H,1,12H2,2-3H3,(H,17,18);2-6,8-9H,1H3/b9-5-,14-8+;. The lowest BCUT2D eigenvalue weighted by Crippen LogP contribution is -2.25. The van der Waals surface area contributed by atoms with Gasteiger partial charge < -0.3 is 10.1 Å². The maximum absolute atomic E-state index is 12.0. The number of amides is 1. The number of nitriles is 1. The van der Waals surface area contributed by atoms with Crippen LogP contribution < -0.4 is 10.1 Å². The molecule has 0 radical (unpaired) electrons. The molecule has 2 aromatic carbocycles. The van der Waals surface area contributed by atoms with Gasteiger partial charge in [-0.1, -0.05) is 49.1 Å². The van der Waals surface area contributed by atoms with E-state index in [0.29, 0.717) is 12.1 Å². The second kappa shape index (κ2) is 13.2. The average Bonchev–Trinajstić information content (AvgIpc) is 3.41. The lowest BCUT2D eigenvalue weighted by Gasteiger charge is -2.07. The summed E-state index contributed by atoms with van der Waals surface area (Å²) in [7, 11) is 1.63. The van der Waals surface area contributed by atoms with E-state index < -0.39 is 0 Å². The van der Waals surface area contributed by atoms with Crippen LogP contribution in [-0.4, -0.2) is 34.3 Å². The smallest absolute Gasteiger partial charge is 0.251 e. The van der Waals surface area contributed by atoms with Crippen molar-refractivity contribution in [1.29, 1.82) is 5.26 Å². The molecule has 7 heteroatoms. The van der Waals surface area contributed by atoms with Crippen LogP contribution in [0.15, 0.2) is 104 Å². The van der Waals surface area contributed by atoms with Crippen LogP contribution in [0.1, 0.15) is 28.4 Å². The maximum atomic E-state index is 12.0. The number of methoxy groups -OCH3 is 1. The Morgan fingerprint density at radius 2 is 2.05 bits per heavy atom. The Bertz CT molecular complexity index is 1490. The van der Waals surface area contributed by atoms with E-state index in [1.54, 1.807) is 30.3 Å². The van der Waals surface area contributed by atoms with Crippen molar-refractivity contribution in [2.45, 2.75) is 13.8 Å². The zero-order valence-corrected chi connectivity index (χ0v) is 21.2. The number of carbonyl (C=O) groups excluding carboxylic acids is 1. The molecule has 0 saturated heterocycles. The highest BCUT2D eigenvalue weighted by molar-refractivity contribution is 5.95. The molecular formula is C30H29N5O2. The van der Waals surface area contributed by atoms with E-state index in [2.05, 4.69) is 28.0 Å². The molecule has 1 amide bonds. The summed E-state index contributed by atoms with van der Waals surface area (Å²) in [6.45, 7) is 8.04. The lowest BCUT2D eigenvalue weighted by molar-refractivity contribution is 0.0956. The Hall–Kier alpha value is -4.96. The van der Waals surface area contributed by atoms with Crippen LogP contribution in [0.2, 0.25) is 0 Å². The van der Waals surface area contributed by atoms with Gasteiger partial charge in [-0.15, -0.1) is 0 Å². The van der Waals surface area contributed by atoms with Crippen LogP contribution >= 0.6 is 0 Å². The van der Waals surface area contributed by atoms with Gasteiger partial charge in [0.2, 0.25) is 0 Å². The van der Waals surface area contributed by atoms with Crippen molar-refractivity contribution in [3.05, 3.63) is 120 Å². The molecule has 2 aromatic heterocycles. The molecule has 0 saturated carbocycles. The fraction of sp³-hybridized carbons (Fsp3) is 0.133. The number of hydrogen-bond donors (Lipinski definition) is 1. The molecule has 4 rings (SSSR count). The van der Waals surface area contributed by atoms with Gasteiger partial charge in [0.05, 0.1) is 30.1 Å². The molecule has 37 heavy (non-hydrogen) atoms. The SMILES string of the molecule is C=C/C=C(\C=C/C)CNC(=O)c1ccccc1C.COc1ccnc2cc(-n3cc(C#N)cn3)ccc12. The zero-order chi connectivity index (χ0) is 26.6.